The lowest BCUT2D eigenvalue weighted by molar-refractivity contribution is -0.137. The van der Waals surface area contributed by atoms with E-state index in [0.717, 1.165) is 17.7 Å². The first-order chi connectivity index (χ1) is 14.0. The summed E-state index contributed by atoms with van der Waals surface area (Å²) < 4.78 is 44.0. The summed E-state index contributed by atoms with van der Waals surface area (Å²) >= 11 is 0. The minimum absolute atomic E-state index is 0.0192. The summed E-state index contributed by atoms with van der Waals surface area (Å²) in [5.41, 5.74) is 1.25. The molecule has 1 amide bonds. The third-order valence-electron chi connectivity index (χ3n) is 4.50. The van der Waals surface area contributed by atoms with Crippen molar-refractivity contribution in [2.75, 3.05) is 5.32 Å². The number of amides is 1. The zero-order valence-electron chi connectivity index (χ0n) is 16.9. The Balaban J connectivity index is 1.58. The van der Waals surface area contributed by atoms with Gasteiger partial charge in [0.15, 0.2) is 0 Å². The van der Waals surface area contributed by atoms with Crippen LogP contribution in [-0.2, 0) is 22.8 Å². The fraction of sp³-hybridized carbons (Fsp3) is 0.318. The first-order valence-corrected chi connectivity index (χ1v) is 9.43. The number of nitrogens with zero attached hydrogens (tertiary/aromatic N) is 2. The van der Waals surface area contributed by atoms with Gasteiger partial charge < -0.3 is 9.73 Å². The van der Waals surface area contributed by atoms with E-state index in [1.807, 2.05) is 24.3 Å². The Hall–Kier alpha value is -3.16. The van der Waals surface area contributed by atoms with Crippen LogP contribution in [0.3, 0.4) is 0 Å². The Kier molecular flexibility index (Phi) is 5.96. The van der Waals surface area contributed by atoms with Crippen LogP contribution in [0.25, 0.3) is 11.5 Å². The number of carbonyl (C=O) groups excluding carboxylic acids is 1. The standard InChI is InChI=1S/C22H22F3N3O2/c1-21(2,3)15-7-9-17(10-8-15)26-18(29)11-12-19-27-28-20(30-19)14-5-4-6-16(13-14)22(23,24)25/h4-10,13H,11-12H2,1-3H3,(H,26,29). The summed E-state index contributed by atoms with van der Waals surface area (Å²) in [5, 5.41) is 10.4. The number of rotatable bonds is 5. The zero-order chi connectivity index (χ0) is 21.9. The zero-order valence-corrected chi connectivity index (χ0v) is 16.9. The first kappa shape index (κ1) is 21.5. The van der Waals surface area contributed by atoms with Crippen molar-refractivity contribution in [3.05, 3.63) is 65.5 Å². The van der Waals surface area contributed by atoms with E-state index in [1.54, 1.807) is 0 Å². The Morgan fingerprint density at radius 3 is 2.33 bits per heavy atom. The minimum atomic E-state index is -4.46. The number of hydrogen-bond acceptors (Lipinski definition) is 4. The van der Waals surface area contributed by atoms with Gasteiger partial charge in [0, 0.05) is 24.1 Å². The number of aromatic nitrogens is 2. The molecular formula is C22H22F3N3O2. The third-order valence-corrected chi connectivity index (χ3v) is 4.50. The van der Waals surface area contributed by atoms with Crippen molar-refractivity contribution in [3.8, 4) is 11.5 Å². The van der Waals surface area contributed by atoms with E-state index >= 15 is 0 Å². The second-order valence-electron chi connectivity index (χ2n) is 7.96. The summed E-state index contributed by atoms with van der Waals surface area (Å²) in [6.45, 7) is 6.33. The van der Waals surface area contributed by atoms with Crippen LogP contribution in [0.1, 0.15) is 44.2 Å². The van der Waals surface area contributed by atoms with Gasteiger partial charge in [-0.05, 0) is 41.3 Å². The third kappa shape index (κ3) is 5.46. The predicted octanol–water partition coefficient (Wildman–Crippen LogP) is 5.62. The molecule has 3 rings (SSSR count). The fourth-order valence-electron chi connectivity index (χ4n) is 2.80. The molecule has 0 saturated carbocycles. The number of aryl methyl sites for hydroxylation is 1. The Morgan fingerprint density at radius 2 is 1.70 bits per heavy atom. The minimum Gasteiger partial charge on any atom is -0.421 e. The number of hydrogen-bond donors (Lipinski definition) is 1. The lowest BCUT2D eigenvalue weighted by Gasteiger charge is -2.19. The summed E-state index contributed by atoms with van der Waals surface area (Å²) in [5.74, 6) is -0.0627. The molecule has 158 valence electrons. The van der Waals surface area contributed by atoms with Gasteiger partial charge in [-0.2, -0.15) is 13.2 Å². The molecule has 0 spiro atoms. The Labute approximate surface area is 172 Å². The van der Waals surface area contributed by atoms with E-state index in [4.69, 9.17) is 4.42 Å². The molecule has 0 fully saturated rings. The number of carbonyl (C=O) groups is 1. The summed E-state index contributed by atoms with van der Waals surface area (Å²) in [4.78, 5) is 12.2. The molecule has 8 heteroatoms. The SMILES string of the molecule is CC(C)(C)c1ccc(NC(=O)CCc2nnc(-c3cccc(C(F)(F)F)c3)o2)cc1. The number of nitrogens with one attached hydrogen (secondary N) is 1. The fourth-order valence-corrected chi connectivity index (χ4v) is 2.80. The summed E-state index contributed by atoms with van der Waals surface area (Å²) in [6.07, 6.45) is -4.18. The second kappa shape index (κ2) is 8.30. The average molecular weight is 417 g/mol. The quantitative estimate of drug-likeness (QED) is 0.585. The van der Waals surface area contributed by atoms with Crippen LogP contribution in [0, 0.1) is 0 Å². The van der Waals surface area contributed by atoms with Crippen LogP contribution in [0.2, 0.25) is 0 Å². The maximum atomic E-state index is 12.8. The highest BCUT2D eigenvalue weighted by atomic mass is 19.4. The summed E-state index contributed by atoms with van der Waals surface area (Å²) in [7, 11) is 0. The molecule has 1 N–H and O–H groups in total. The van der Waals surface area contributed by atoms with Crippen LogP contribution >= 0.6 is 0 Å². The van der Waals surface area contributed by atoms with E-state index in [2.05, 4.69) is 36.3 Å². The van der Waals surface area contributed by atoms with Crippen molar-refractivity contribution in [2.45, 2.75) is 45.2 Å². The van der Waals surface area contributed by atoms with Gasteiger partial charge in [-0.3, -0.25) is 4.79 Å². The Morgan fingerprint density at radius 1 is 1.00 bits per heavy atom. The first-order valence-electron chi connectivity index (χ1n) is 9.43. The van der Waals surface area contributed by atoms with E-state index in [-0.39, 0.29) is 41.5 Å². The largest absolute Gasteiger partial charge is 0.421 e. The van der Waals surface area contributed by atoms with Crippen LogP contribution < -0.4 is 5.32 Å². The number of anilines is 1. The highest BCUT2D eigenvalue weighted by Crippen LogP contribution is 2.32. The highest BCUT2D eigenvalue weighted by Gasteiger charge is 2.30. The molecule has 2 aromatic carbocycles. The molecule has 0 radical (unpaired) electrons. The molecule has 30 heavy (non-hydrogen) atoms. The highest BCUT2D eigenvalue weighted by molar-refractivity contribution is 5.90. The second-order valence-corrected chi connectivity index (χ2v) is 7.96. The summed E-state index contributed by atoms with van der Waals surface area (Å²) in [6, 6.07) is 12.3. The molecule has 0 atom stereocenters. The molecule has 0 aliphatic heterocycles. The van der Waals surface area contributed by atoms with Gasteiger partial charge in [-0.15, -0.1) is 10.2 Å². The molecule has 1 heterocycles. The lowest BCUT2D eigenvalue weighted by Crippen LogP contribution is -2.14. The van der Waals surface area contributed by atoms with Crippen LogP contribution in [0.4, 0.5) is 18.9 Å². The van der Waals surface area contributed by atoms with Gasteiger partial charge in [0.25, 0.3) is 0 Å². The molecule has 0 aliphatic carbocycles. The number of halogens is 3. The van der Waals surface area contributed by atoms with Gasteiger partial charge in [0.1, 0.15) is 0 Å². The molecular weight excluding hydrogens is 395 g/mol. The number of benzene rings is 2. The molecule has 0 aliphatic rings. The average Bonchev–Trinajstić information content (AvgIpc) is 3.15. The van der Waals surface area contributed by atoms with Gasteiger partial charge in [-0.25, -0.2) is 0 Å². The van der Waals surface area contributed by atoms with E-state index in [0.29, 0.717) is 5.69 Å². The van der Waals surface area contributed by atoms with Gasteiger partial charge in [0.2, 0.25) is 17.7 Å². The van der Waals surface area contributed by atoms with Crippen LogP contribution in [0.5, 0.6) is 0 Å². The Bertz CT molecular complexity index is 1020. The van der Waals surface area contributed by atoms with Crippen molar-refractivity contribution in [1.29, 1.82) is 0 Å². The maximum absolute atomic E-state index is 12.8. The normalized spacial score (nSPS) is 12.1. The molecule has 0 unspecified atom stereocenters. The van der Waals surface area contributed by atoms with Crippen molar-refractivity contribution in [1.82, 2.24) is 10.2 Å². The van der Waals surface area contributed by atoms with E-state index in [9.17, 15) is 18.0 Å². The number of alkyl halides is 3. The lowest BCUT2D eigenvalue weighted by atomic mass is 9.87. The van der Waals surface area contributed by atoms with E-state index < -0.39 is 11.7 Å². The van der Waals surface area contributed by atoms with Crippen molar-refractivity contribution in [3.63, 3.8) is 0 Å². The molecule has 3 aromatic rings. The van der Waals surface area contributed by atoms with Crippen molar-refractivity contribution in [2.24, 2.45) is 0 Å². The molecule has 5 nitrogen and oxygen atoms in total. The van der Waals surface area contributed by atoms with E-state index in [1.165, 1.54) is 12.1 Å². The maximum Gasteiger partial charge on any atom is 0.416 e. The van der Waals surface area contributed by atoms with Gasteiger partial charge in [-0.1, -0.05) is 39.0 Å². The molecule has 1 aromatic heterocycles. The smallest absolute Gasteiger partial charge is 0.416 e. The van der Waals surface area contributed by atoms with Crippen molar-refractivity contribution < 1.29 is 22.4 Å². The van der Waals surface area contributed by atoms with Crippen LogP contribution in [0.15, 0.2) is 52.9 Å². The molecule has 0 bridgehead atoms. The van der Waals surface area contributed by atoms with Crippen molar-refractivity contribution >= 4 is 11.6 Å². The topological polar surface area (TPSA) is 68.0 Å². The molecule has 0 saturated heterocycles. The van der Waals surface area contributed by atoms with Crippen LogP contribution in [-0.4, -0.2) is 16.1 Å². The van der Waals surface area contributed by atoms with Gasteiger partial charge >= 0.3 is 6.18 Å². The van der Waals surface area contributed by atoms with Gasteiger partial charge in [0.05, 0.1) is 5.56 Å². The monoisotopic (exact) mass is 417 g/mol. The predicted molar refractivity (Wildman–Crippen MR) is 107 cm³/mol.